The first-order valence-electron chi connectivity index (χ1n) is 9.72. The molecule has 0 aliphatic heterocycles. The number of rotatable bonds is 5. The van der Waals surface area contributed by atoms with Crippen molar-refractivity contribution in [3.63, 3.8) is 0 Å². The van der Waals surface area contributed by atoms with Gasteiger partial charge < -0.3 is 9.32 Å². The average molecular weight is 388 g/mol. The van der Waals surface area contributed by atoms with Gasteiger partial charge in [-0.15, -0.1) is 0 Å². The van der Waals surface area contributed by atoms with E-state index in [9.17, 15) is 4.79 Å². The van der Waals surface area contributed by atoms with Crippen molar-refractivity contribution >= 4 is 16.9 Å². The second kappa shape index (κ2) is 7.54. The van der Waals surface area contributed by atoms with Gasteiger partial charge in [0, 0.05) is 42.9 Å². The van der Waals surface area contributed by atoms with Crippen molar-refractivity contribution in [2.24, 2.45) is 0 Å². The summed E-state index contributed by atoms with van der Waals surface area (Å²) in [6.45, 7) is 6.47. The van der Waals surface area contributed by atoms with Gasteiger partial charge in [0.05, 0.1) is 11.3 Å². The number of para-hydroxylation sites is 1. The fraction of sp³-hybridized carbons (Fsp3) is 0.261. The number of amides is 1. The molecule has 0 unspecified atom stereocenters. The molecule has 3 aromatic heterocycles. The van der Waals surface area contributed by atoms with Crippen molar-refractivity contribution in [3.8, 4) is 5.82 Å². The highest BCUT2D eigenvalue weighted by atomic mass is 16.3. The molecule has 0 N–H and O–H groups in total. The Morgan fingerprint density at radius 1 is 1.17 bits per heavy atom. The van der Waals surface area contributed by atoms with Gasteiger partial charge >= 0.3 is 0 Å². The molecule has 0 fully saturated rings. The van der Waals surface area contributed by atoms with Crippen LogP contribution in [0.5, 0.6) is 0 Å². The first-order chi connectivity index (χ1) is 14.0. The Bertz CT molecular complexity index is 1170. The van der Waals surface area contributed by atoms with Crippen LogP contribution in [0.2, 0.25) is 0 Å². The molecule has 148 valence electrons. The molecule has 1 amide bonds. The Kier molecular flexibility index (Phi) is 4.92. The van der Waals surface area contributed by atoms with Crippen LogP contribution in [0.1, 0.15) is 40.0 Å². The zero-order valence-corrected chi connectivity index (χ0v) is 17.1. The Morgan fingerprint density at radius 3 is 2.62 bits per heavy atom. The minimum atomic E-state index is -0.0789. The lowest BCUT2D eigenvalue weighted by Gasteiger charge is -2.17. The fourth-order valence-electron chi connectivity index (χ4n) is 3.64. The van der Waals surface area contributed by atoms with E-state index in [1.807, 2.05) is 50.2 Å². The van der Waals surface area contributed by atoms with Gasteiger partial charge in [0.25, 0.3) is 5.91 Å². The Labute approximate surface area is 169 Å². The molecule has 1 aromatic carbocycles. The van der Waals surface area contributed by atoms with Gasteiger partial charge in [-0.2, -0.15) is 5.10 Å². The molecule has 4 rings (SSSR count). The number of fused-ring (bicyclic) bond motifs is 1. The molecule has 6 heteroatoms. The SMILES string of the molecule is CCc1oc2ccccc2c1CN(C)C(=O)c1ccc(-n2nc(C)cc2C)nc1. The molecule has 0 bridgehead atoms. The number of benzene rings is 1. The van der Waals surface area contributed by atoms with E-state index >= 15 is 0 Å². The molecule has 0 aliphatic rings. The van der Waals surface area contributed by atoms with E-state index in [1.165, 1.54) is 0 Å². The van der Waals surface area contributed by atoms with Crippen LogP contribution in [0.25, 0.3) is 16.8 Å². The van der Waals surface area contributed by atoms with E-state index in [2.05, 4.69) is 17.0 Å². The molecule has 0 spiro atoms. The van der Waals surface area contributed by atoms with Crippen molar-refractivity contribution in [2.75, 3.05) is 7.05 Å². The summed E-state index contributed by atoms with van der Waals surface area (Å²) < 4.78 is 7.73. The van der Waals surface area contributed by atoms with Crippen molar-refractivity contribution in [1.29, 1.82) is 0 Å². The summed E-state index contributed by atoms with van der Waals surface area (Å²) in [7, 11) is 1.80. The number of carbonyl (C=O) groups excluding carboxylic acids is 1. The lowest BCUT2D eigenvalue weighted by Crippen LogP contribution is -2.26. The third-order valence-corrected chi connectivity index (χ3v) is 5.07. The number of pyridine rings is 1. The zero-order chi connectivity index (χ0) is 20.5. The molecule has 29 heavy (non-hydrogen) atoms. The maximum absolute atomic E-state index is 13.0. The molecule has 4 aromatic rings. The van der Waals surface area contributed by atoms with Crippen LogP contribution in [0, 0.1) is 13.8 Å². The molecule has 6 nitrogen and oxygen atoms in total. The summed E-state index contributed by atoms with van der Waals surface area (Å²) in [5.74, 6) is 1.54. The number of furan rings is 1. The lowest BCUT2D eigenvalue weighted by molar-refractivity contribution is 0.0784. The van der Waals surface area contributed by atoms with E-state index in [4.69, 9.17) is 4.42 Å². The summed E-state index contributed by atoms with van der Waals surface area (Å²) in [6.07, 6.45) is 2.39. The minimum absolute atomic E-state index is 0.0789. The first-order valence-corrected chi connectivity index (χ1v) is 9.72. The second-order valence-electron chi connectivity index (χ2n) is 7.26. The molecule has 0 radical (unpaired) electrons. The molecular formula is C23H24N4O2. The van der Waals surface area contributed by atoms with Gasteiger partial charge in [-0.25, -0.2) is 9.67 Å². The maximum atomic E-state index is 13.0. The number of aryl methyl sites for hydroxylation is 3. The van der Waals surface area contributed by atoms with Crippen LogP contribution in [0.15, 0.2) is 53.1 Å². The third-order valence-electron chi connectivity index (χ3n) is 5.07. The molecule has 0 saturated heterocycles. The van der Waals surface area contributed by atoms with Gasteiger partial charge in [-0.3, -0.25) is 4.79 Å². The van der Waals surface area contributed by atoms with Crippen LogP contribution in [0.4, 0.5) is 0 Å². The Balaban J connectivity index is 1.56. The minimum Gasteiger partial charge on any atom is -0.461 e. The normalized spacial score (nSPS) is 11.2. The fourth-order valence-corrected chi connectivity index (χ4v) is 3.64. The van der Waals surface area contributed by atoms with Gasteiger partial charge in [0.2, 0.25) is 0 Å². The number of hydrogen-bond acceptors (Lipinski definition) is 4. The van der Waals surface area contributed by atoms with Crippen LogP contribution in [-0.2, 0) is 13.0 Å². The Hall–Kier alpha value is -3.41. The van der Waals surface area contributed by atoms with Gasteiger partial charge in [-0.1, -0.05) is 25.1 Å². The highest BCUT2D eigenvalue weighted by molar-refractivity contribution is 5.94. The maximum Gasteiger partial charge on any atom is 0.255 e. The largest absolute Gasteiger partial charge is 0.461 e. The molecule has 0 atom stereocenters. The third kappa shape index (κ3) is 3.53. The van der Waals surface area contributed by atoms with Crippen LogP contribution >= 0.6 is 0 Å². The van der Waals surface area contributed by atoms with E-state index < -0.39 is 0 Å². The van der Waals surface area contributed by atoms with E-state index in [0.29, 0.717) is 17.9 Å². The van der Waals surface area contributed by atoms with Gasteiger partial charge in [-0.05, 0) is 38.1 Å². The van der Waals surface area contributed by atoms with Gasteiger partial charge in [0.1, 0.15) is 11.3 Å². The predicted molar refractivity (Wildman–Crippen MR) is 112 cm³/mol. The molecular weight excluding hydrogens is 364 g/mol. The van der Waals surface area contributed by atoms with Crippen molar-refractivity contribution < 1.29 is 9.21 Å². The predicted octanol–water partition coefficient (Wildman–Crippen LogP) is 4.46. The van der Waals surface area contributed by atoms with Crippen LogP contribution in [-0.4, -0.2) is 32.6 Å². The standard InChI is InChI=1S/C23H24N4O2/c1-5-20-19(18-8-6-7-9-21(18)29-20)14-26(4)23(28)17-10-11-22(24-13-17)27-16(3)12-15(2)25-27/h6-13H,5,14H2,1-4H3. The highest BCUT2D eigenvalue weighted by Crippen LogP contribution is 2.27. The summed E-state index contributed by atoms with van der Waals surface area (Å²) >= 11 is 0. The van der Waals surface area contributed by atoms with Crippen LogP contribution < -0.4 is 0 Å². The molecule has 3 heterocycles. The van der Waals surface area contributed by atoms with E-state index in [-0.39, 0.29) is 5.91 Å². The van der Waals surface area contributed by atoms with Gasteiger partial charge in [0.15, 0.2) is 5.82 Å². The average Bonchev–Trinajstić information content (AvgIpc) is 3.26. The summed E-state index contributed by atoms with van der Waals surface area (Å²) in [5, 5.41) is 5.49. The number of hydrogen-bond donors (Lipinski definition) is 0. The molecule has 0 saturated carbocycles. The Morgan fingerprint density at radius 2 is 1.97 bits per heavy atom. The van der Waals surface area contributed by atoms with Crippen molar-refractivity contribution in [2.45, 2.75) is 33.7 Å². The summed E-state index contributed by atoms with van der Waals surface area (Å²) in [6, 6.07) is 13.6. The van der Waals surface area contributed by atoms with Crippen molar-refractivity contribution in [3.05, 3.63) is 76.9 Å². The smallest absolute Gasteiger partial charge is 0.255 e. The number of carbonyl (C=O) groups is 1. The monoisotopic (exact) mass is 388 g/mol. The second-order valence-corrected chi connectivity index (χ2v) is 7.26. The number of aromatic nitrogens is 3. The topological polar surface area (TPSA) is 64.2 Å². The summed E-state index contributed by atoms with van der Waals surface area (Å²) in [5.41, 5.74) is 4.40. The quantitative estimate of drug-likeness (QED) is 0.506. The number of nitrogens with zero attached hydrogens (tertiary/aromatic N) is 4. The summed E-state index contributed by atoms with van der Waals surface area (Å²) in [4.78, 5) is 19.1. The zero-order valence-electron chi connectivity index (χ0n) is 17.1. The highest BCUT2D eigenvalue weighted by Gasteiger charge is 2.19. The van der Waals surface area contributed by atoms with E-state index in [1.54, 1.807) is 28.9 Å². The lowest BCUT2D eigenvalue weighted by atomic mass is 10.1. The van der Waals surface area contributed by atoms with Crippen LogP contribution in [0.3, 0.4) is 0 Å². The first kappa shape index (κ1) is 18.9. The molecule has 0 aliphatic carbocycles. The van der Waals surface area contributed by atoms with E-state index in [0.717, 1.165) is 40.1 Å². The van der Waals surface area contributed by atoms with Crippen molar-refractivity contribution in [1.82, 2.24) is 19.7 Å².